The highest BCUT2D eigenvalue weighted by Gasteiger charge is 2.52. The van der Waals surface area contributed by atoms with E-state index in [0.717, 1.165) is 0 Å². The van der Waals surface area contributed by atoms with Gasteiger partial charge in [0, 0.05) is 19.8 Å². The number of amides is 1. The second-order valence-corrected chi connectivity index (χ2v) is 9.82. The van der Waals surface area contributed by atoms with E-state index in [-0.39, 0.29) is 47.3 Å². The third-order valence-electron chi connectivity index (χ3n) is 6.43. The number of hydrogen-bond donors (Lipinski definition) is 1. The van der Waals surface area contributed by atoms with E-state index in [2.05, 4.69) is 32.2 Å². The van der Waals surface area contributed by atoms with E-state index in [1.807, 2.05) is 53.2 Å². The first kappa shape index (κ1) is 25.1. The highest BCUT2D eigenvalue weighted by Crippen LogP contribution is 2.49. The Labute approximate surface area is 222 Å². The van der Waals surface area contributed by atoms with E-state index in [9.17, 15) is 22.4 Å². The Balaban J connectivity index is 1.62. The van der Waals surface area contributed by atoms with Crippen molar-refractivity contribution in [3.8, 4) is 11.5 Å². The number of nitrogens with two attached hydrogens (primary N) is 1. The van der Waals surface area contributed by atoms with Crippen LogP contribution in [0.4, 0.5) is 29.2 Å². The summed E-state index contributed by atoms with van der Waals surface area (Å²) in [6, 6.07) is 14.5. The lowest BCUT2D eigenvalue weighted by molar-refractivity contribution is -0.200. The van der Waals surface area contributed by atoms with Crippen LogP contribution < -0.4 is 8.85 Å². The van der Waals surface area contributed by atoms with E-state index < -0.39 is 30.1 Å². The highest BCUT2D eigenvalue weighted by molar-refractivity contribution is 14.1. The number of aromatic nitrogens is 5. The van der Waals surface area contributed by atoms with E-state index in [4.69, 9.17) is 5.73 Å². The van der Waals surface area contributed by atoms with Crippen molar-refractivity contribution in [1.82, 2.24) is 24.6 Å². The molecule has 0 saturated heterocycles. The molecule has 1 unspecified atom stereocenters. The van der Waals surface area contributed by atoms with Gasteiger partial charge < -0.3 is 5.73 Å². The summed E-state index contributed by atoms with van der Waals surface area (Å²) in [5, 5.41) is 4.06. The Morgan fingerprint density at radius 3 is 2.51 bits per heavy atom. The molecule has 1 aliphatic heterocycles. The number of alkyl halides is 4. The van der Waals surface area contributed by atoms with E-state index >= 15 is 0 Å². The van der Waals surface area contributed by atoms with E-state index in [0.29, 0.717) is 11.1 Å². The summed E-state index contributed by atoms with van der Waals surface area (Å²) in [4.78, 5) is 26.7. The van der Waals surface area contributed by atoms with Crippen LogP contribution in [0.5, 0.6) is 0 Å². The number of carbonyl (C=O) groups is 1. The molecule has 0 bridgehead atoms. The normalized spacial score (nSPS) is 17.8. The minimum Gasteiger partial charge on any atom is -0.383 e. The van der Waals surface area contributed by atoms with Gasteiger partial charge in [0.2, 0.25) is 0 Å². The van der Waals surface area contributed by atoms with Crippen LogP contribution in [0.15, 0.2) is 36.5 Å². The van der Waals surface area contributed by atoms with Gasteiger partial charge in [0.05, 0.1) is 34.6 Å². The first-order valence-electron chi connectivity index (χ1n) is 11.0. The van der Waals surface area contributed by atoms with Crippen molar-refractivity contribution >= 4 is 45.9 Å². The van der Waals surface area contributed by atoms with Crippen LogP contribution >= 0.6 is 22.9 Å². The Hall–Kier alpha value is -3.54. The smallest absolute Gasteiger partial charge is 0.310 e. The van der Waals surface area contributed by atoms with Gasteiger partial charge in [0.1, 0.15) is 28.3 Å². The van der Waals surface area contributed by atoms with Gasteiger partial charge in [-0.1, -0.05) is 30.3 Å². The van der Waals surface area contributed by atoms with Gasteiger partial charge in [-0.05, 0) is 24.6 Å². The zero-order valence-corrected chi connectivity index (χ0v) is 21.6. The summed E-state index contributed by atoms with van der Waals surface area (Å²) >= 11 is 1.84. The number of hydrogen-bond acceptors (Lipinski definition) is 6. The maximum Gasteiger partial charge on any atom is 0.310 e. The average Bonchev–Trinajstić information content (AvgIpc) is 3.33. The number of imidazole rings is 1. The van der Waals surface area contributed by atoms with Crippen molar-refractivity contribution < 1.29 is 22.4 Å². The van der Waals surface area contributed by atoms with Crippen LogP contribution in [0.3, 0.4) is 0 Å². The molecule has 37 heavy (non-hydrogen) atoms. The molecule has 1 amide bonds. The molecule has 190 valence electrons. The largest absolute Gasteiger partial charge is 0.383 e. The van der Waals surface area contributed by atoms with Gasteiger partial charge in [-0.15, -0.1) is 0 Å². The molecule has 4 heterocycles. The van der Waals surface area contributed by atoms with Gasteiger partial charge in [0.25, 0.3) is 5.91 Å². The molecule has 5 rings (SSSR count). The predicted molar refractivity (Wildman–Crippen MR) is 134 cm³/mol. The standard InChI is InChI=1S/C24H18F4IN7O/c1-22(13-7-4-3-5-8-13)16-18(30)33-19(34-20(16)35(29)21(22)37)17-14-9-6-12-31-36(14)15(32-17)10-11-24(27,28)23(2,25)26/h3-5,7-8,12H,10-11H2,1-2H3,(H2,30,33,34). The van der Waals surface area contributed by atoms with Gasteiger partial charge in [-0.3, -0.25) is 4.79 Å². The maximum absolute atomic E-state index is 13.9. The van der Waals surface area contributed by atoms with Crippen molar-refractivity contribution in [3.05, 3.63) is 65.6 Å². The van der Waals surface area contributed by atoms with Crippen molar-refractivity contribution in [2.75, 3.05) is 8.85 Å². The summed E-state index contributed by atoms with van der Waals surface area (Å²) in [6.07, 6.45) is -0.428. The van der Waals surface area contributed by atoms with Crippen LogP contribution in [0.1, 0.15) is 37.2 Å². The van der Waals surface area contributed by atoms with Crippen molar-refractivity contribution in [2.24, 2.45) is 0 Å². The number of anilines is 2. The molecule has 1 aliphatic rings. The first-order valence-corrected chi connectivity index (χ1v) is 12.0. The second kappa shape index (κ2) is 8.51. The molecule has 0 spiro atoms. The third-order valence-corrected chi connectivity index (χ3v) is 7.32. The molecule has 0 fully saturated rings. The number of nitrogens with zero attached hydrogens (tertiary/aromatic N) is 6. The number of rotatable bonds is 6. The average molecular weight is 623 g/mol. The van der Waals surface area contributed by atoms with Crippen LogP contribution in [-0.4, -0.2) is 42.3 Å². The lowest BCUT2D eigenvalue weighted by atomic mass is 9.78. The second-order valence-electron chi connectivity index (χ2n) is 8.85. The monoisotopic (exact) mass is 623 g/mol. The molecule has 1 aromatic carbocycles. The van der Waals surface area contributed by atoms with Gasteiger partial charge in [0.15, 0.2) is 11.6 Å². The van der Waals surface area contributed by atoms with E-state index in [1.165, 1.54) is 13.8 Å². The van der Waals surface area contributed by atoms with Gasteiger partial charge >= 0.3 is 11.8 Å². The lowest BCUT2D eigenvalue weighted by Crippen LogP contribution is -2.38. The van der Waals surface area contributed by atoms with Crippen LogP contribution in [0, 0.1) is 12.1 Å². The SMILES string of the molecule is CC1(c2ccccc2)C(=O)N(I)c2nc(-c3nc(CCC(F)(F)C(C)(F)F)n4ncc#cc34)nc(N)c21. The number of nitrogen functional groups attached to an aromatic ring is 1. The number of fused-ring (bicyclic) bond motifs is 2. The fourth-order valence-electron chi connectivity index (χ4n) is 4.32. The minimum atomic E-state index is -4.25. The Morgan fingerprint density at radius 2 is 1.84 bits per heavy atom. The Morgan fingerprint density at radius 1 is 1.14 bits per heavy atom. The summed E-state index contributed by atoms with van der Waals surface area (Å²) in [7, 11) is 0. The fourth-order valence-corrected chi connectivity index (χ4v) is 5.15. The maximum atomic E-state index is 13.9. The lowest BCUT2D eigenvalue weighted by Gasteiger charge is -2.23. The first-order chi connectivity index (χ1) is 17.4. The highest BCUT2D eigenvalue weighted by atomic mass is 127. The van der Waals surface area contributed by atoms with Crippen molar-refractivity contribution in [1.29, 1.82) is 0 Å². The Bertz CT molecular complexity index is 1520. The summed E-state index contributed by atoms with van der Waals surface area (Å²) < 4.78 is 57.1. The summed E-state index contributed by atoms with van der Waals surface area (Å²) in [5.74, 6) is -8.45. The summed E-state index contributed by atoms with van der Waals surface area (Å²) in [6.45, 7) is 1.91. The quantitative estimate of drug-likeness (QED) is 0.192. The zero-order chi connectivity index (χ0) is 26.8. The minimum absolute atomic E-state index is 0.00277. The molecule has 3 aromatic heterocycles. The number of halogens is 5. The predicted octanol–water partition coefficient (Wildman–Crippen LogP) is 4.59. The van der Waals surface area contributed by atoms with Crippen molar-refractivity contribution in [3.63, 3.8) is 0 Å². The van der Waals surface area contributed by atoms with E-state index in [1.54, 1.807) is 6.92 Å². The molecule has 13 heteroatoms. The summed E-state index contributed by atoms with van der Waals surface area (Å²) in [5.41, 5.74) is 6.65. The number of carbonyl (C=O) groups excluding carboxylic acids is 1. The number of benzene rings is 1. The molecule has 1 atom stereocenters. The van der Waals surface area contributed by atoms with Crippen molar-refractivity contribution in [2.45, 2.75) is 43.9 Å². The molecule has 0 saturated carbocycles. The topological polar surface area (TPSA) is 102 Å². The third kappa shape index (κ3) is 3.85. The molecule has 4 aromatic rings. The molecular formula is C24H18F4IN7O. The molecule has 0 aliphatic carbocycles. The fraction of sp³-hybridized carbons (Fsp3) is 0.292. The van der Waals surface area contributed by atoms with Crippen LogP contribution in [0.2, 0.25) is 0 Å². The molecular weight excluding hydrogens is 605 g/mol. The van der Waals surface area contributed by atoms with Crippen LogP contribution in [0.25, 0.3) is 17.0 Å². The molecule has 8 nitrogen and oxygen atoms in total. The van der Waals surface area contributed by atoms with Gasteiger partial charge in [-0.25, -0.2) is 31.4 Å². The zero-order valence-electron chi connectivity index (χ0n) is 19.4. The number of aryl methyl sites for hydroxylation is 1. The van der Waals surface area contributed by atoms with Gasteiger partial charge in [-0.2, -0.15) is 13.9 Å². The Kier molecular flexibility index (Phi) is 5.78. The molecule has 0 radical (unpaired) electrons. The van der Waals surface area contributed by atoms with Crippen LogP contribution in [-0.2, 0) is 16.6 Å². The molecule has 2 N–H and O–H groups in total.